The van der Waals surface area contributed by atoms with Crippen LogP contribution in [0.1, 0.15) is 44.5 Å². The fraction of sp³-hybridized carbons (Fsp3) is 0.421. The van der Waals surface area contributed by atoms with Gasteiger partial charge in [0, 0.05) is 23.6 Å². The molecule has 1 aromatic carbocycles. The van der Waals surface area contributed by atoms with E-state index in [0.29, 0.717) is 16.6 Å². The van der Waals surface area contributed by atoms with Crippen molar-refractivity contribution < 1.29 is 23.5 Å². The molecular formula is C19H22FNO4. The van der Waals surface area contributed by atoms with Crippen molar-refractivity contribution in [2.75, 3.05) is 6.61 Å². The van der Waals surface area contributed by atoms with Crippen molar-refractivity contribution in [2.45, 2.75) is 47.0 Å². The van der Waals surface area contributed by atoms with E-state index in [4.69, 9.17) is 4.74 Å². The number of carbonyl (C=O) groups excluding carboxylic acids is 2. The zero-order valence-corrected chi connectivity index (χ0v) is 15.3. The average molecular weight is 347 g/mol. The van der Waals surface area contributed by atoms with Crippen LogP contribution in [0.25, 0.3) is 10.9 Å². The van der Waals surface area contributed by atoms with Crippen LogP contribution in [0.15, 0.2) is 12.1 Å². The molecule has 0 saturated carbocycles. The number of rotatable bonds is 3. The second-order valence-corrected chi connectivity index (χ2v) is 7.01. The maximum absolute atomic E-state index is 14.6. The Balaban J connectivity index is 2.60. The normalized spacial score (nSPS) is 11.5. The molecule has 25 heavy (non-hydrogen) atoms. The Kier molecular flexibility index (Phi) is 5.11. The molecule has 1 heterocycles. The Bertz CT molecular complexity index is 853. The minimum absolute atomic E-state index is 0.145. The van der Waals surface area contributed by atoms with Crippen molar-refractivity contribution in [3.05, 3.63) is 34.8 Å². The Morgan fingerprint density at radius 2 is 1.84 bits per heavy atom. The zero-order chi connectivity index (χ0) is 18.9. The SMILES string of the molecule is CC(=O)OCC(=O)Oc1c(C)c(C)nc2c(F)cc(C(C)(C)C)cc12. The maximum Gasteiger partial charge on any atom is 0.349 e. The van der Waals surface area contributed by atoms with E-state index in [1.54, 1.807) is 19.9 Å². The van der Waals surface area contributed by atoms with E-state index in [2.05, 4.69) is 9.72 Å². The topological polar surface area (TPSA) is 65.5 Å². The minimum atomic E-state index is -0.730. The largest absolute Gasteiger partial charge is 0.454 e. The first kappa shape index (κ1) is 18.8. The Labute approximate surface area is 146 Å². The zero-order valence-electron chi connectivity index (χ0n) is 15.3. The first-order valence-corrected chi connectivity index (χ1v) is 7.95. The third kappa shape index (κ3) is 4.13. The summed E-state index contributed by atoms with van der Waals surface area (Å²) in [5, 5.41) is 0.421. The van der Waals surface area contributed by atoms with Gasteiger partial charge < -0.3 is 9.47 Å². The molecule has 2 aromatic rings. The number of hydrogen-bond acceptors (Lipinski definition) is 5. The van der Waals surface area contributed by atoms with Gasteiger partial charge in [-0.1, -0.05) is 20.8 Å². The van der Waals surface area contributed by atoms with Gasteiger partial charge in [0.2, 0.25) is 0 Å². The van der Waals surface area contributed by atoms with E-state index >= 15 is 0 Å². The average Bonchev–Trinajstić information content (AvgIpc) is 2.49. The monoisotopic (exact) mass is 347 g/mol. The molecule has 0 atom stereocenters. The summed E-state index contributed by atoms with van der Waals surface area (Å²) in [7, 11) is 0. The van der Waals surface area contributed by atoms with E-state index in [9.17, 15) is 14.0 Å². The molecule has 6 heteroatoms. The lowest BCUT2D eigenvalue weighted by atomic mass is 9.86. The van der Waals surface area contributed by atoms with Gasteiger partial charge >= 0.3 is 11.9 Å². The number of halogens is 1. The summed E-state index contributed by atoms with van der Waals surface area (Å²) in [6.07, 6.45) is 0. The first-order chi connectivity index (χ1) is 11.5. The van der Waals surface area contributed by atoms with Crippen LogP contribution in [0.5, 0.6) is 5.75 Å². The van der Waals surface area contributed by atoms with Crippen LogP contribution < -0.4 is 4.74 Å². The molecule has 0 radical (unpaired) electrons. The summed E-state index contributed by atoms with van der Waals surface area (Å²) in [5.41, 5.74) is 1.82. The lowest BCUT2D eigenvalue weighted by Crippen LogP contribution is -2.18. The summed E-state index contributed by atoms with van der Waals surface area (Å²) < 4.78 is 24.6. The number of aryl methyl sites for hydroxylation is 1. The summed E-state index contributed by atoms with van der Waals surface area (Å²) in [5.74, 6) is -1.54. The lowest BCUT2D eigenvalue weighted by Gasteiger charge is -2.21. The molecule has 0 fully saturated rings. The molecule has 134 valence electrons. The quantitative estimate of drug-likeness (QED) is 0.791. The van der Waals surface area contributed by atoms with Crippen LogP contribution in [0, 0.1) is 19.7 Å². The van der Waals surface area contributed by atoms with Crippen LogP contribution in [0.3, 0.4) is 0 Å². The maximum atomic E-state index is 14.6. The lowest BCUT2D eigenvalue weighted by molar-refractivity contribution is -0.151. The molecule has 2 rings (SSSR count). The molecule has 0 aliphatic heterocycles. The van der Waals surface area contributed by atoms with Crippen molar-refractivity contribution in [3.63, 3.8) is 0 Å². The fourth-order valence-electron chi connectivity index (χ4n) is 2.37. The predicted octanol–water partition coefficient (Wildman–Crippen LogP) is 3.76. The number of pyridine rings is 1. The molecule has 0 unspecified atom stereocenters. The van der Waals surface area contributed by atoms with E-state index in [1.165, 1.54) is 13.0 Å². The van der Waals surface area contributed by atoms with Gasteiger partial charge in [0.15, 0.2) is 6.61 Å². The van der Waals surface area contributed by atoms with Gasteiger partial charge in [-0.05, 0) is 37.0 Å². The van der Waals surface area contributed by atoms with E-state index in [-0.39, 0.29) is 16.7 Å². The molecule has 5 nitrogen and oxygen atoms in total. The number of carbonyl (C=O) groups is 2. The second-order valence-electron chi connectivity index (χ2n) is 7.01. The van der Waals surface area contributed by atoms with E-state index in [1.807, 2.05) is 20.8 Å². The van der Waals surface area contributed by atoms with Gasteiger partial charge in [-0.25, -0.2) is 14.2 Å². The second kappa shape index (κ2) is 6.78. The first-order valence-electron chi connectivity index (χ1n) is 7.95. The number of hydrogen-bond donors (Lipinski definition) is 0. The molecule has 0 aliphatic rings. The summed E-state index contributed by atoms with van der Waals surface area (Å²) >= 11 is 0. The summed E-state index contributed by atoms with van der Waals surface area (Å²) in [6, 6.07) is 3.24. The molecule has 0 aliphatic carbocycles. The van der Waals surface area contributed by atoms with Gasteiger partial charge in [0.05, 0.1) is 0 Å². The van der Waals surface area contributed by atoms with E-state index in [0.717, 1.165) is 5.56 Å². The number of aromatic nitrogens is 1. The minimum Gasteiger partial charge on any atom is -0.454 e. The smallest absolute Gasteiger partial charge is 0.349 e. The number of ether oxygens (including phenoxy) is 2. The molecule has 0 bridgehead atoms. The van der Waals surface area contributed by atoms with Crippen LogP contribution in [-0.2, 0) is 19.7 Å². The summed E-state index contributed by atoms with van der Waals surface area (Å²) in [4.78, 5) is 27.1. The number of benzene rings is 1. The van der Waals surface area contributed by atoms with Crippen LogP contribution in [0.4, 0.5) is 4.39 Å². The van der Waals surface area contributed by atoms with Gasteiger partial charge in [0.1, 0.15) is 17.1 Å². The standard InChI is InChI=1S/C19H22FNO4/c1-10-11(2)21-17-14(7-13(8-15(17)20)19(4,5)6)18(10)25-16(23)9-24-12(3)22/h7-8H,9H2,1-6H3. The third-order valence-electron chi connectivity index (χ3n) is 3.95. The number of esters is 2. The van der Waals surface area contributed by atoms with Crippen LogP contribution in [0.2, 0.25) is 0 Å². The Morgan fingerprint density at radius 1 is 1.20 bits per heavy atom. The molecule has 0 saturated heterocycles. The molecule has 0 spiro atoms. The highest BCUT2D eigenvalue weighted by atomic mass is 19.1. The fourth-order valence-corrected chi connectivity index (χ4v) is 2.37. The molecule has 1 aromatic heterocycles. The molecular weight excluding hydrogens is 325 g/mol. The van der Waals surface area contributed by atoms with Crippen molar-refractivity contribution in [2.24, 2.45) is 0 Å². The van der Waals surface area contributed by atoms with E-state index < -0.39 is 24.4 Å². The van der Waals surface area contributed by atoms with Crippen molar-refractivity contribution >= 4 is 22.8 Å². The van der Waals surface area contributed by atoms with Gasteiger partial charge in [-0.2, -0.15) is 0 Å². The van der Waals surface area contributed by atoms with Crippen molar-refractivity contribution in [1.29, 1.82) is 0 Å². The third-order valence-corrected chi connectivity index (χ3v) is 3.95. The van der Waals surface area contributed by atoms with Crippen molar-refractivity contribution in [3.8, 4) is 5.75 Å². The predicted molar refractivity (Wildman–Crippen MR) is 92.1 cm³/mol. The highest BCUT2D eigenvalue weighted by molar-refractivity contribution is 5.91. The summed E-state index contributed by atoms with van der Waals surface area (Å²) in [6.45, 7) is 10.1. The van der Waals surface area contributed by atoms with Gasteiger partial charge in [0.25, 0.3) is 0 Å². The Hall–Kier alpha value is -2.50. The highest BCUT2D eigenvalue weighted by Gasteiger charge is 2.22. The van der Waals surface area contributed by atoms with Crippen molar-refractivity contribution in [1.82, 2.24) is 4.98 Å². The number of fused-ring (bicyclic) bond motifs is 1. The molecule has 0 N–H and O–H groups in total. The van der Waals surface area contributed by atoms with Gasteiger partial charge in [-0.3, -0.25) is 4.79 Å². The molecule has 0 amide bonds. The van der Waals surface area contributed by atoms with Gasteiger partial charge in [-0.15, -0.1) is 0 Å². The highest BCUT2D eigenvalue weighted by Crippen LogP contribution is 2.35. The van der Waals surface area contributed by atoms with Crippen LogP contribution >= 0.6 is 0 Å². The van der Waals surface area contributed by atoms with Crippen LogP contribution in [-0.4, -0.2) is 23.5 Å². The Morgan fingerprint density at radius 3 is 2.40 bits per heavy atom. The number of nitrogens with zero attached hydrogens (tertiary/aromatic N) is 1.